The molecule has 2 aromatic rings. The molecule has 1 aromatic heterocycles. The van der Waals surface area contributed by atoms with Gasteiger partial charge in [0.25, 0.3) is 5.91 Å². The van der Waals surface area contributed by atoms with Crippen molar-refractivity contribution in [1.29, 1.82) is 0 Å². The second-order valence-electron chi connectivity index (χ2n) is 5.99. The number of nitrogens with one attached hydrogen (secondary N) is 1. The van der Waals surface area contributed by atoms with Gasteiger partial charge in [0.1, 0.15) is 5.69 Å². The molecule has 0 radical (unpaired) electrons. The minimum absolute atomic E-state index is 0.112. The molecule has 6 heteroatoms. The summed E-state index contributed by atoms with van der Waals surface area (Å²) < 4.78 is 26.2. The molecule has 0 aliphatic carbocycles. The van der Waals surface area contributed by atoms with Gasteiger partial charge in [-0.25, -0.2) is 8.78 Å². The highest BCUT2D eigenvalue weighted by Crippen LogP contribution is 2.16. The number of rotatable bonds is 4. The van der Waals surface area contributed by atoms with Crippen molar-refractivity contribution in [2.75, 3.05) is 13.1 Å². The monoisotopic (exact) mass is 331 g/mol. The summed E-state index contributed by atoms with van der Waals surface area (Å²) in [5.74, 6) is -1.80. The molecule has 0 atom stereocenters. The Morgan fingerprint density at radius 1 is 1.17 bits per heavy atom. The molecule has 1 aliphatic heterocycles. The Kier molecular flexibility index (Phi) is 5.15. The van der Waals surface area contributed by atoms with E-state index >= 15 is 0 Å². The largest absolute Gasteiger partial charge is 0.348 e. The van der Waals surface area contributed by atoms with Crippen molar-refractivity contribution in [2.24, 2.45) is 0 Å². The Hall–Kier alpha value is -2.34. The van der Waals surface area contributed by atoms with E-state index in [9.17, 15) is 13.6 Å². The van der Waals surface area contributed by atoms with Gasteiger partial charge < -0.3 is 5.32 Å². The van der Waals surface area contributed by atoms with Crippen LogP contribution in [0.2, 0.25) is 0 Å². The lowest BCUT2D eigenvalue weighted by Gasteiger charge is -2.32. The van der Waals surface area contributed by atoms with E-state index in [1.807, 2.05) is 0 Å². The maximum absolute atomic E-state index is 13.3. The molecule has 1 fully saturated rings. The molecular weight excluding hydrogens is 312 g/mol. The molecule has 0 saturated carbocycles. The fourth-order valence-corrected chi connectivity index (χ4v) is 2.89. The first kappa shape index (κ1) is 16.5. The van der Waals surface area contributed by atoms with E-state index in [4.69, 9.17) is 0 Å². The normalized spacial score (nSPS) is 16.1. The van der Waals surface area contributed by atoms with Crippen molar-refractivity contribution >= 4 is 5.91 Å². The van der Waals surface area contributed by atoms with Gasteiger partial charge in [-0.05, 0) is 42.7 Å². The summed E-state index contributed by atoms with van der Waals surface area (Å²) in [5.41, 5.74) is 1.17. The van der Waals surface area contributed by atoms with Gasteiger partial charge in [-0.1, -0.05) is 12.1 Å². The Morgan fingerprint density at radius 3 is 2.62 bits per heavy atom. The number of hydrogen-bond donors (Lipinski definition) is 1. The third-order valence-corrected chi connectivity index (χ3v) is 4.21. The van der Waals surface area contributed by atoms with Crippen molar-refractivity contribution in [1.82, 2.24) is 15.2 Å². The van der Waals surface area contributed by atoms with Crippen LogP contribution in [-0.4, -0.2) is 34.9 Å². The SMILES string of the molecule is O=C(NC1CCN(Cc2ccc(F)c(F)c2)CC1)c1ccccn1. The van der Waals surface area contributed by atoms with Gasteiger partial charge in [0.05, 0.1) is 0 Å². The third-order valence-electron chi connectivity index (χ3n) is 4.21. The van der Waals surface area contributed by atoms with E-state index in [1.165, 1.54) is 6.07 Å². The van der Waals surface area contributed by atoms with Crippen LogP contribution < -0.4 is 5.32 Å². The Balaban J connectivity index is 1.49. The second kappa shape index (κ2) is 7.49. The summed E-state index contributed by atoms with van der Waals surface area (Å²) >= 11 is 0. The molecule has 2 heterocycles. The maximum atomic E-state index is 13.3. The van der Waals surface area contributed by atoms with E-state index in [0.29, 0.717) is 12.2 Å². The van der Waals surface area contributed by atoms with Crippen LogP contribution in [-0.2, 0) is 6.54 Å². The quantitative estimate of drug-likeness (QED) is 0.937. The Morgan fingerprint density at radius 2 is 1.96 bits per heavy atom. The lowest BCUT2D eigenvalue weighted by atomic mass is 10.0. The summed E-state index contributed by atoms with van der Waals surface area (Å²) in [6.07, 6.45) is 3.24. The number of amides is 1. The van der Waals surface area contributed by atoms with E-state index < -0.39 is 11.6 Å². The summed E-state index contributed by atoms with van der Waals surface area (Å²) in [5, 5.41) is 3.00. The van der Waals surface area contributed by atoms with Crippen LogP contribution in [0.15, 0.2) is 42.6 Å². The molecule has 24 heavy (non-hydrogen) atoms. The molecular formula is C18H19F2N3O. The smallest absolute Gasteiger partial charge is 0.270 e. The average molecular weight is 331 g/mol. The lowest BCUT2D eigenvalue weighted by Crippen LogP contribution is -2.44. The molecule has 0 spiro atoms. The zero-order valence-corrected chi connectivity index (χ0v) is 13.2. The molecule has 0 unspecified atom stereocenters. The summed E-state index contributed by atoms with van der Waals surface area (Å²) in [6, 6.07) is 9.36. The van der Waals surface area contributed by atoms with Crippen LogP contribution in [0.4, 0.5) is 8.78 Å². The van der Waals surface area contributed by atoms with Crippen LogP contribution in [0, 0.1) is 11.6 Å². The summed E-state index contributed by atoms with van der Waals surface area (Å²) in [6.45, 7) is 2.18. The first-order valence-electron chi connectivity index (χ1n) is 8.00. The van der Waals surface area contributed by atoms with Crippen LogP contribution >= 0.6 is 0 Å². The molecule has 1 aliphatic rings. The average Bonchev–Trinajstić information content (AvgIpc) is 2.61. The predicted octanol–water partition coefficient (Wildman–Crippen LogP) is 2.75. The molecule has 0 bridgehead atoms. The van der Waals surface area contributed by atoms with Crippen molar-refractivity contribution in [3.05, 3.63) is 65.5 Å². The van der Waals surface area contributed by atoms with Gasteiger partial charge >= 0.3 is 0 Å². The Bertz CT molecular complexity index is 701. The fraction of sp³-hybridized carbons (Fsp3) is 0.333. The minimum Gasteiger partial charge on any atom is -0.348 e. The zero-order valence-electron chi connectivity index (χ0n) is 13.2. The fourth-order valence-electron chi connectivity index (χ4n) is 2.89. The zero-order chi connectivity index (χ0) is 16.9. The van der Waals surface area contributed by atoms with Crippen LogP contribution in [0.1, 0.15) is 28.9 Å². The standard InChI is InChI=1S/C18H19F2N3O/c19-15-5-4-13(11-16(15)20)12-23-9-6-14(7-10-23)22-18(24)17-3-1-2-8-21-17/h1-5,8,11,14H,6-7,9-10,12H2,(H,22,24). The number of carbonyl (C=O) groups excluding carboxylic acids is 1. The number of halogens is 2. The number of nitrogens with zero attached hydrogens (tertiary/aromatic N) is 2. The highest BCUT2D eigenvalue weighted by Gasteiger charge is 2.21. The van der Waals surface area contributed by atoms with Gasteiger partial charge in [-0.2, -0.15) is 0 Å². The van der Waals surface area contributed by atoms with Gasteiger partial charge in [-0.3, -0.25) is 14.7 Å². The molecule has 1 aromatic carbocycles. The number of aromatic nitrogens is 1. The molecule has 1 N–H and O–H groups in total. The van der Waals surface area contributed by atoms with Gasteiger partial charge in [0, 0.05) is 31.9 Å². The van der Waals surface area contributed by atoms with Crippen molar-refractivity contribution < 1.29 is 13.6 Å². The number of benzene rings is 1. The van der Waals surface area contributed by atoms with Gasteiger partial charge in [0.2, 0.25) is 0 Å². The number of pyridine rings is 1. The topological polar surface area (TPSA) is 45.2 Å². The van der Waals surface area contributed by atoms with Crippen molar-refractivity contribution in [3.8, 4) is 0 Å². The van der Waals surface area contributed by atoms with Crippen molar-refractivity contribution in [2.45, 2.75) is 25.4 Å². The first-order chi connectivity index (χ1) is 11.6. The van der Waals surface area contributed by atoms with Crippen LogP contribution in [0.25, 0.3) is 0 Å². The molecule has 126 valence electrons. The molecule has 3 rings (SSSR count). The third kappa shape index (κ3) is 4.14. The molecule has 1 saturated heterocycles. The number of hydrogen-bond acceptors (Lipinski definition) is 3. The van der Waals surface area contributed by atoms with E-state index in [0.717, 1.165) is 37.6 Å². The van der Waals surface area contributed by atoms with Crippen LogP contribution in [0.5, 0.6) is 0 Å². The maximum Gasteiger partial charge on any atom is 0.270 e. The summed E-state index contributed by atoms with van der Waals surface area (Å²) in [7, 11) is 0. The van der Waals surface area contributed by atoms with Gasteiger partial charge in [0.15, 0.2) is 11.6 Å². The Labute approximate surface area is 139 Å². The predicted molar refractivity (Wildman–Crippen MR) is 86.4 cm³/mol. The second-order valence-corrected chi connectivity index (χ2v) is 5.99. The van der Waals surface area contributed by atoms with Crippen LogP contribution in [0.3, 0.4) is 0 Å². The summed E-state index contributed by atoms with van der Waals surface area (Å²) in [4.78, 5) is 18.3. The number of likely N-dealkylation sites (tertiary alicyclic amines) is 1. The van der Waals surface area contributed by atoms with Crippen molar-refractivity contribution in [3.63, 3.8) is 0 Å². The number of piperidine rings is 1. The lowest BCUT2D eigenvalue weighted by molar-refractivity contribution is 0.0904. The number of carbonyl (C=O) groups is 1. The van der Waals surface area contributed by atoms with E-state index in [2.05, 4.69) is 15.2 Å². The minimum atomic E-state index is -0.824. The molecule has 4 nitrogen and oxygen atoms in total. The van der Waals surface area contributed by atoms with E-state index in [-0.39, 0.29) is 11.9 Å². The van der Waals surface area contributed by atoms with Gasteiger partial charge in [-0.15, -0.1) is 0 Å². The highest BCUT2D eigenvalue weighted by atomic mass is 19.2. The first-order valence-corrected chi connectivity index (χ1v) is 8.00. The highest BCUT2D eigenvalue weighted by molar-refractivity contribution is 5.92. The van der Waals surface area contributed by atoms with E-state index in [1.54, 1.807) is 30.5 Å². The molecule has 1 amide bonds.